The van der Waals surface area contributed by atoms with Crippen LogP contribution in [0, 0.1) is 5.92 Å². The molecular formula is C14H15N3O4. The number of carbonyl (C=O) groups excluding carboxylic acids is 1. The molecule has 1 aliphatic rings. The maximum atomic E-state index is 11.9. The zero-order chi connectivity index (χ0) is 15.0. The second kappa shape index (κ2) is 5.08. The molecule has 0 spiro atoms. The molecule has 3 rings (SSSR count). The highest BCUT2D eigenvalue weighted by molar-refractivity contribution is 6.01. The highest BCUT2D eigenvalue weighted by Gasteiger charge is 2.29. The van der Waals surface area contributed by atoms with Gasteiger partial charge in [0.1, 0.15) is 0 Å². The SMILES string of the molecule is O=C(O)c1cccc2[nH]c(=O)n(CCNC(=O)C3CC3)c12. The van der Waals surface area contributed by atoms with E-state index in [1.807, 2.05) is 0 Å². The van der Waals surface area contributed by atoms with Crippen molar-refractivity contribution in [1.29, 1.82) is 0 Å². The fourth-order valence-electron chi connectivity index (χ4n) is 2.39. The van der Waals surface area contributed by atoms with Crippen LogP contribution in [-0.2, 0) is 11.3 Å². The quantitative estimate of drug-likeness (QED) is 0.747. The van der Waals surface area contributed by atoms with E-state index in [9.17, 15) is 19.5 Å². The van der Waals surface area contributed by atoms with Crippen LogP contribution >= 0.6 is 0 Å². The molecule has 21 heavy (non-hydrogen) atoms. The largest absolute Gasteiger partial charge is 0.478 e. The molecule has 1 aromatic heterocycles. The number of amides is 1. The van der Waals surface area contributed by atoms with Gasteiger partial charge in [-0.25, -0.2) is 9.59 Å². The molecule has 0 unspecified atom stereocenters. The van der Waals surface area contributed by atoms with E-state index in [0.717, 1.165) is 12.8 Å². The predicted octanol–water partition coefficient (Wildman–Crippen LogP) is 0.554. The lowest BCUT2D eigenvalue weighted by Crippen LogP contribution is -2.31. The van der Waals surface area contributed by atoms with Crippen molar-refractivity contribution in [2.75, 3.05) is 6.54 Å². The summed E-state index contributed by atoms with van der Waals surface area (Å²) < 4.78 is 1.35. The third-order valence-electron chi connectivity index (χ3n) is 3.61. The molecule has 1 saturated carbocycles. The first kappa shape index (κ1) is 13.4. The number of nitrogens with zero attached hydrogens (tertiary/aromatic N) is 1. The van der Waals surface area contributed by atoms with Gasteiger partial charge in [-0.05, 0) is 25.0 Å². The molecule has 0 saturated heterocycles. The van der Waals surface area contributed by atoms with Gasteiger partial charge >= 0.3 is 11.7 Å². The second-order valence-electron chi connectivity index (χ2n) is 5.15. The molecule has 0 bridgehead atoms. The smallest absolute Gasteiger partial charge is 0.337 e. The van der Waals surface area contributed by atoms with E-state index < -0.39 is 5.97 Å². The Morgan fingerprint density at radius 3 is 2.81 bits per heavy atom. The summed E-state index contributed by atoms with van der Waals surface area (Å²) >= 11 is 0. The van der Waals surface area contributed by atoms with Gasteiger partial charge in [-0.15, -0.1) is 0 Å². The van der Waals surface area contributed by atoms with Gasteiger partial charge in [-0.2, -0.15) is 0 Å². The van der Waals surface area contributed by atoms with E-state index in [0.29, 0.717) is 17.6 Å². The molecule has 1 heterocycles. The number of carboxylic acids is 1. The molecule has 1 amide bonds. The molecule has 7 nitrogen and oxygen atoms in total. The topological polar surface area (TPSA) is 104 Å². The molecule has 1 aliphatic carbocycles. The van der Waals surface area contributed by atoms with Gasteiger partial charge in [0.05, 0.1) is 16.6 Å². The van der Waals surface area contributed by atoms with Crippen molar-refractivity contribution in [3.05, 3.63) is 34.2 Å². The molecule has 1 aromatic carbocycles. The summed E-state index contributed by atoms with van der Waals surface area (Å²) in [5, 5.41) is 12.0. The van der Waals surface area contributed by atoms with Crippen LogP contribution in [0.5, 0.6) is 0 Å². The normalized spacial score (nSPS) is 14.3. The Hall–Kier alpha value is -2.57. The predicted molar refractivity (Wildman–Crippen MR) is 75.3 cm³/mol. The number of fused-ring (bicyclic) bond motifs is 1. The summed E-state index contributed by atoms with van der Waals surface area (Å²) in [6.07, 6.45) is 1.84. The maximum absolute atomic E-state index is 11.9. The number of hydrogen-bond acceptors (Lipinski definition) is 3. The number of carboxylic acid groups (broad SMARTS) is 1. The second-order valence-corrected chi connectivity index (χ2v) is 5.15. The first-order chi connectivity index (χ1) is 10.1. The van der Waals surface area contributed by atoms with Crippen molar-refractivity contribution in [2.24, 2.45) is 5.92 Å². The van der Waals surface area contributed by atoms with Crippen molar-refractivity contribution in [1.82, 2.24) is 14.9 Å². The van der Waals surface area contributed by atoms with E-state index in [1.165, 1.54) is 10.6 Å². The number of nitrogens with one attached hydrogen (secondary N) is 2. The highest BCUT2D eigenvalue weighted by atomic mass is 16.4. The van der Waals surface area contributed by atoms with Crippen LogP contribution in [0.15, 0.2) is 23.0 Å². The number of aromatic carboxylic acids is 1. The number of benzene rings is 1. The highest BCUT2D eigenvalue weighted by Crippen LogP contribution is 2.28. The van der Waals surface area contributed by atoms with Gasteiger partial charge < -0.3 is 15.4 Å². The third kappa shape index (κ3) is 2.54. The first-order valence-electron chi connectivity index (χ1n) is 6.80. The molecule has 110 valence electrons. The van der Waals surface area contributed by atoms with Crippen LogP contribution < -0.4 is 11.0 Å². The van der Waals surface area contributed by atoms with Crippen molar-refractivity contribution in [2.45, 2.75) is 19.4 Å². The minimum atomic E-state index is -1.09. The average Bonchev–Trinajstić information content (AvgIpc) is 3.23. The van der Waals surface area contributed by atoms with E-state index in [1.54, 1.807) is 12.1 Å². The molecule has 1 fully saturated rings. The van der Waals surface area contributed by atoms with E-state index in [-0.39, 0.29) is 29.6 Å². The van der Waals surface area contributed by atoms with Gasteiger partial charge in [0.15, 0.2) is 0 Å². The first-order valence-corrected chi connectivity index (χ1v) is 6.80. The van der Waals surface area contributed by atoms with Gasteiger partial charge in [0, 0.05) is 19.0 Å². The molecule has 0 radical (unpaired) electrons. The van der Waals surface area contributed by atoms with Gasteiger partial charge in [-0.1, -0.05) is 6.07 Å². The van der Waals surface area contributed by atoms with Crippen molar-refractivity contribution >= 4 is 22.9 Å². The molecule has 7 heteroatoms. The van der Waals surface area contributed by atoms with Crippen molar-refractivity contribution in [3.63, 3.8) is 0 Å². The number of aromatic amines is 1. The molecular weight excluding hydrogens is 274 g/mol. The fraction of sp³-hybridized carbons (Fsp3) is 0.357. The lowest BCUT2D eigenvalue weighted by Gasteiger charge is -2.07. The summed E-state index contributed by atoms with van der Waals surface area (Å²) in [5.74, 6) is -0.976. The number of rotatable bonds is 5. The standard InChI is InChI=1S/C14H15N3O4/c18-12(8-4-5-8)15-6-7-17-11-9(13(19)20)2-1-3-10(11)16-14(17)21/h1-3,8H,4-7H2,(H,15,18)(H,16,21)(H,19,20). The van der Waals surface area contributed by atoms with E-state index in [2.05, 4.69) is 10.3 Å². The van der Waals surface area contributed by atoms with Gasteiger partial charge in [0.25, 0.3) is 0 Å². The summed E-state index contributed by atoms with van der Waals surface area (Å²) in [4.78, 5) is 37.4. The number of H-pyrrole nitrogens is 1. The molecule has 3 N–H and O–H groups in total. The lowest BCUT2D eigenvalue weighted by atomic mass is 10.2. The van der Waals surface area contributed by atoms with E-state index in [4.69, 9.17) is 0 Å². The average molecular weight is 289 g/mol. The Bertz CT molecular complexity index is 770. The van der Waals surface area contributed by atoms with E-state index >= 15 is 0 Å². The third-order valence-corrected chi connectivity index (χ3v) is 3.61. The lowest BCUT2D eigenvalue weighted by molar-refractivity contribution is -0.122. The van der Waals surface area contributed by atoms with Crippen molar-refractivity contribution < 1.29 is 14.7 Å². The van der Waals surface area contributed by atoms with Crippen LogP contribution in [0.4, 0.5) is 0 Å². The molecule has 0 atom stereocenters. The Labute approximate surface area is 119 Å². The van der Waals surface area contributed by atoms with Gasteiger partial charge in [0.2, 0.25) is 5.91 Å². The summed E-state index contributed by atoms with van der Waals surface area (Å²) in [6.45, 7) is 0.539. The molecule has 0 aliphatic heterocycles. The summed E-state index contributed by atoms with van der Waals surface area (Å²) in [5.41, 5.74) is 0.530. The Morgan fingerprint density at radius 1 is 1.38 bits per heavy atom. The Kier molecular flexibility index (Phi) is 3.25. The van der Waals surface area contributed by atoms with Crippen LogP contribution in [0.3, 0.4) is 0 Å². The number of imidazole rings is 1. The fourth-order valence-corrected chi connectivity index (χ4v) is 2.39. The van der Waals surface area contributed by atoms with Crippen LogP contribution in [0.1, 0.15) is 23.2 Å². The number of carbonyl (C=O) groups is 2. The minimum absolute atomic E-state index is 0.00125. The van der Waals surface area contributed by atoms with Crippen LogP contribution in [0.2, 0.25) is 0 Å². The Balaban J connectivity index is 1.86. The maximum Gasteiger partial charge on any atom is 0.337 e. The van der Waals surface area contributed by atoms with Gasteiger partial charge in [-0.3, -0.25) is 9.36 Å². The zero-order valence-corrected chi connectivity index (χ0v) is 11.3. The van der Waals surface area contributed by atoms with Crippen molar-refractivity contribution in [3.8, 4) is 0 Å². The zero-order valence-electron chi connectivity index (χ0n) is 11.3. The molecule has 2 aromatic rings. The minimum Gasteiger partial charge on any atom is -0.478 e. The number of hydrogen-bond donors (Lipinski definition) is 3. The summed E-state index contributed by atoms with van der Waals surface area (Å²) in [6, 6.07) is 4.70. The monoisotopic (exact) mass is 289 g/mol. The van der Waals surface area contributed by atoms with Crippen LogP contribution in [0.25, 0.3) is 11.0 Å². The Morgan fingerprint density at radius 2 is 2.14 bits per heavy atom. The number of para-hydroxylation sites is 1. The van der Waals surface area contributed by atoms with Crippen LogP contribution in [-0.4, -0.2) is 33.1 Å². The summed E-state index contributed by atoms with van der Waals surface area (Å²) in [7, 11) is 0. The number of aromatic nitrogens is 2.